The van der Waals surface area contributed by atoms with Crippen LogP contribution in [0.15, 0.2) is 0 Å². The van der Waals surface area contributed by atoms with E-state index in [1.165, 1.54) is 32.2 Å². The topological polar surface area (TPSA) is 32.5 Å². The Balaban J connectivity index is 1.90. The second kappa shape index (κ2) is 5.03. The zero-order chi connectivity index (χ0) is 11.7. The summed E-state index contributed by atoms with van der Waals surface area (Å²) in [6, 6.07) is 2.11. The fourth-order valence-electron chi connectivity index (χ4n) is 3.08. The van der Waals surface area contributed by atoms with Gasteiger partial charge in [-0.2, -0.15) is 0 Å². The van der Waals surface area contributed by atoms with Crippen molar-refractivity contribution in [2.24, 2.45) is 11.7 Å². The molecule has 1 saturated carbocycles. The first-order chi connectivity index (χ1) is 7.63. The largest absolute Gasteiger partial charge is 0.329 e. The highest BCUT2D eigenvalue weighted by molar-refractivity contribution is 4.92. The molecule has 1 heterocycles. The Bertz CT molecular complexity index is 227. The fourth-order valence-corrected chi connectivity index (χ4v) is 3.08. The van der Waals surface area contributed by atoms with Crippen molar-refractivity contribution in [1.29, 1.82) is 0 Å². The van der Waals surface area contributed by atoms with Crippen LogP contribution in [-0.2, 0) is 0 Å². The van der Waals surface area contributed by atoms with Gasteiger partial charge in [0.05, 0.1) is 0 Å². The predicted molar refractivity (Wildman–Crippen MR) is 68.4 cm³/mol. The summed E-state index contributed by atoms with van der Waals surface area (Å²) in [5.41, 5.74) is 5.93. The van der Waals surface area contributed by atoms with E-state index in [0.717, 1.165) is 24.5 Å². The van der Waals surface area contributed by atoms with Gasteiger partial charge < -0.3 is 10.6 Å². The van der Waals surface area contributed by atoms with Gasteiger partial charge in [0.2, 0.25) is 0 Å². The van der Waals surface area contributed by atoms with Gasteiger partial charge in [0, 0.05) is 24.7 Å². The molecule has 1 aliphatic heterocycles. The molecule has 16 heavy (non-hydrogen) atoms. The number of rotatable bonds is 4. The number of piperidine rings is 1. The van der Waals surface area contributed by atoms with E-state index in [9.17, 15) is 0 Å². The van der Waals surface area contributed by atoms with Gasteiger partial charge in [0.25, 0.3) is 0 Å². The van der Waals surface area contributed by atoms with E-state index in [1.807, 2.05) is 0 Å². The Morgan fingerprint density at radius 1 is 1.38 bits per heavy atom. The summed E-state index contributed by atoms with van der Waals surface area (Å²) in [5, 5.41) is 0. The Kier molecular flexibility index (Phi) is 3.88. The first-order valence-corrected chi connectivity index (χ1v) is 6.75. The van der Waals surface area contributed by atoms with Crippen LogP contribution in [0, 0.1) is 5.92 Å². The van der Waals surface area contributed by atoms with Crippen LogP contribution in [0.4, 0.5) is 0 Å². The maximum Gasteiger partial charge on any atom is 0.0246 e. The van der Waals surface area contributed by atoms with Crippen LogP contribution in [0.3, 0.4) is 0 Å². The Morgan fingerprint density at radius 3 is 2.56 bits per heavy atom. The molecule has 0 aromatic carbocycles. The molecule has 94 valence electrons. The number of nitrogens with zero attached hydrogens (tertiary/aromatic N) is 2. The average Bonchev–Trinajstić information content (AvgIpc) is 3.07. The second-order valence-corrected chi connectivity index (χ2v) is 5.81. The van der Waals surface area contributed by atoms with Crippen molar-refractivity contribution in [3.63, 3.8) is 0 Å². The van der Waals surface area contributed by atoms with Crippen molar-refractivity contribution in [3.05, 3.63) is 0 Å². The molecule has 2 aliphatic rings. The number of hydrogen-bond acceptors (Lipinski definition) is 3. The highest BCUT2D eigenvalue weighted by atomic mass is 15.2. The molecule has 0 bridgehead atoms. The first-order valence-electron chi connectivity index (χ1n) is 6.75. The molecule has 2 N–H and O–H groups in total. The first kappa shape index (κ1) is 12.3. The summed E-state index contributed by atoms with van der Waals surface area (Å²) in [4.78, 5) is 5.06. The second-order valence-electron chi connectivity index (χ2n) is 5.81. The van der Waals surface area contributed by atoms with Crippen LogP contribution in [0.2, 0.25) is 0 Å². The lowest BCUT2D eigenvalue weighted by atomic mass is 9.95. The minimum Gasteiger partial charge on any atom is -0.329 e. The summed E-state index contributed by atoms with van der Waals surface area (Å²) in [6.45, 7) is 4.41. The van der Waals surface area contributed by atoms with Crippen molar-refractivity contribution in [1.82, 2.24) is 9.80 Å². The Labute approximate surface area is 100.0 Å². The molecule has 2 fully saturated rings. The van der Waals surface area contributed by atoms with Gasteiger partial charge >= 0.3 is 0 Å². The zero-order valence-electron chi connectivity index (χ0n) is 11.0. The third kappa shape index (κ3) is 2.58. The third-order valence-corrected chi connectivity index (χ3v) is 4.69. The molecule has 2 rings (SSSR count). The van der Waals surface area contributed by atoms with E-state index in [2.05, 4.69) is 30.8 Å². The van der Waals surface area contributed by atoms with Gasteiger partial charge in [0.15, 0.2) is 0 Å². The average molecular weight is 225 g/mol. The Morgan fingerprint density at radius 2 is 2.06 bits per heavy atom. The normalized spacial score (nSPS) is 34.3. The van der Waals surface area contributed by atoms with Gasteiger partial charge in [-0.3, -0.25) is 4.90 Å². The molecule has 3 unspecified atom stereocenters. The van der Waals surface area contributed by atoms with E-state index in [4.69, 9.17) is 5.73 Å². The number of likely N-dealkylation sites (tertiary alicyclic amines) is 1. The molecule has 3 nitrogen and oxygen atoms in total. The lowest BCUT2D eigenvalue weighted by Gasteiger charge is -2.42. The van der Waals surface area contributed by atoms with Gasteiger partial charge in [-0.15, -0.1) is 0 Å². The molecule has 0 aromatic heterocycles. The van der Waals surface area contributed by atoms with Crippen molar-refractivity contribution < 1.29 is 0 Å². The van der Waals surface area contributed by atoms with Crippen molar-refractivity contribution in [3.8, 4) is 0 Å². The van der Waals surface area contributed by atoms with Crippen LogP contribution >= 0.6 is 0 Å². The van der Waals surface area contributed by atoms with E-state index >= 15 is 0 Å². The molecular formula is C13H27N3. The minimum atomic E-state index is 0.639. The molecule has 3 heteroatoms. The maximum atomic E-state index is 5.93. The number of nitrogens with two attached hydrogens (primary N) is 1. The monoisotopic (exact) mass is 225 g/mol. The number of likely N-dealkylation sites (N-methyl/N-ethyl adjacent to an activating group) is 1. The third-order valence-electron chi connectivity index (χ3n) is 4.69. The lowest BCUT2D eigenvalue weighted by molar-refractivity contribution is 0.0729. The van der Waals surface area contributed by atoms with Crippen LogP contribution in [0.25, 0.3) is 0 Å². The van der Waals surface area contributed by atoms with E-state index in [-0.39, 0.29) is 0 Å². The number of hydrogen-bond donors (Lipinski definition) is 1. The van der Waals surface area contributed by atoms with Crippen LogP contribution < -0.4 is 5.73 Å². The Hall–Kier alpha value is -0.120. The molecule has 1 aliphatic carbocycles. The van der Waals surface area contributed by atoms with Gasteiger partial charge in [-0.05, 0) is 59.2 Å². The van der Waals surface area contributed by atoms with Crippen molar-refractivity contribution in [2.45, 2.75) is 50.7 Å². The van der Waals surface area contributed by atoms with E-state index in [0.29, 0.717) is 6.04 Å². The quantitative estimate of drug-likeness (QED) is 0.779. The SMILES string of the molecule is CC1CC(N(C)C(CN)C2CC2)CCN1C. The van der Waals surface area contributed by atoms with Gasteiger partial charge in [-0.1, -0.05) is 0 Å². The van der Waals surface area contributed by atoms with Gasteiger partial charge in [0.1, 0.15) is 0 Å². The maximum absolute atomic E-state index is 5.93. The smallest absolute Gasteiger partial charge is 0.0246 e. The highest BCUT2D eigenvalue weighted by Gasteiger charge is 2.36. The molecule has 0 spiro atoms. The van der Waals surface area contributed by atoms with Crippen LogP contribution in [-0.4, -0.2) is 55.1 Å². The molecular weight excluding hydrogens is 198 g/mol. The summed E-state index contributed by atoms with van der Waals surface area (Å²) in [6.07, 6.45) is 5.40. The van der Waals surface area contributed by atoms with E-state index in [1.54, 1.807) is 0 Å². The molecule has 0 amide bonds. The van der Waals surface area contributed by atoms with Crippen LogP contribution in [0.1, 0.15) is 32.6 Å². The standard InChI is InChI=1S/C13H27N3/c1-10-8-12(6-7-15(10)2)16(3)13(9-14)11-4-5-11/h10-13H,4-9,14H2,1-3H3. The van der Waals surface area contributed by atoms with Crippen molar-refractivity contribution in [2.75, 3.05) is 27.2 Å². The lowest BCUT2D eigenvalue weighted by Crippen LogP contribution is -2.51. The fraction of sp³-hybridized carbons (Fsp3) is 1.00. The van der Waals surface area contributed by atoms with Crippen LogP contribution in [0.5, 0.6) is 0 Å². The van der Waals surface area contributed by atoms with E-state index < -0.39 is 0 Å². The van der Waals surface area contributed by atoms with Crippen molar-refractivity contribution >= 4 is 0 Å². The predicted octanol–water partition coefficient (Wildman–Crippen LogP) is 1.14. The molecule has 3 atom stereocenters. The molecule has 0 radical (unpaired) electrons. The summed E-state index contributed by atoms with van der Waals surface area (Å²) < 4.78 is 0. The highest BCUT2D eigenvalue weighted by Crippen LogP contribution is 2.36. The summed E-state index contributed by atoms with van der Waals surface area (Å²) in [5.74, 6) is 0.893. The molecule has 1 saturated heterocycles. The minimum absolute atomic E-state index is 0.639. The zero-order valence-corrected chi connectivity index (χ0v) is 11.0. The molecule has 0 aromatic rings. The van der Waals surface area contributed by atoms with Gasteiger partial charge in [-0.25, -0.2) is 0 Å². The summed E-state index contributed by atoms with van der Waals surface area (Å²) >= 11 is 0. The summed E-state index contributed by atoms with van der Waals surface area (Å²) in [7, 11) is 4.53.